The lowest BCUT2D eigenvalue weighted by molar-refractivity contribution is -0.149. The van der Waals surface area contributed by atoms with Crippen molar-refractivity contribution >= 4 is 41.7 Å². The largest absolute Gasteiger partial charge is 0.481 e. The number of carbonyl (C=O) groups is 7. The molecule has 0 radical (unpaired) electrons. The van der Waals surface area contributed by atoms with Gasteiger partial charge in [0.1, 0.15) is 24.7 Å². The molecule has 3 atom stereocenters. The minimum absolute atomic E-state index is 0.0301. The number of esters is 1. The summed E-state index contributed by atoms with van der Waals surface area (Å²) in [7, 11) is 0. The maximum atomic E-state index is 12.6. The Bertz CT molecular complexity index is 1200. The number of carboxylic acids is 3. The van der Waals surface area contributed by atoms with Crippen LogP contribution in [0.2, 0.25) is 0 Å². The van der Waals surface area contributed by atoms with Gasteiger partial charge >= 0.3 is 29.9 Å². The number of amides is 4. The van der Waals surface area contributed by atoms with Gasteiger partial charge in [-0.25, -0.2) is 19.2 Å². The highest BCUT2D eigenvalue weighted by atomic mass is 16.5. The third-order valence-corrected chi connectivity index (χ3v) is 7.44. The van der Waals surface area contributed by atoms with Gasteiger partial charge in [0.05, 0.1) is 0 Å². The fourth-order valence-electron chi connectivity index (χ4n) is 4.69. The van der Waals surface area contributed by atoms with E-state index in [-0.39, 0.29) is 44.1 Å². The lowest BCUT2D eigenvalue weighted by Gasteiger charge is -2.18. The van der Waals surface area contributed by atoms with Gasteiger partial charge in [0.2, 0.25) is 11.8 Å². The van der Waals surface area contributed by atoms with E-state index in [0.29, 0.717) is 51.6 Å². The van der Waals surface area contributed by atoms with Gasteiger partial charge in [0, 0.05) is 25.8 Å². The van der Waals surface area contributed by atoms with Gasteiger partial charge in [-0.05, 0) is 69.9 Å². The number of rotatable bonds is 27. The molecule has 16 heteroatoms. The Morgan fingerprint density at radius 1 is 0.633 bits per heavy atom. The average Bonchev–Trinajstić information content (AvgIpc) is 3.06. The van der Waals surface area contributed by atoms with Crippen LogP contribution < -0.4 is 27.0 Å². The molecule has 0 saturated carbocycles. The molecule has 1 unspecified atom stereocenters. The normalized spacial score (nSPS) is 12.5. The number of hydrogen-bond acceptors (Lipinski definition) is 9. The maximum absolute atomic E-state index is 12.6. The highest BCUT2D eigenvalue weighted by Crippen LogP contribution is 2.10. The lowest BCUT2D eigenvalue weighted by atomic mass is 10.1. The number of carboxylic acid groups (broad SMARTS) is 3. The first-order chi connectivity index (χ1) is 23.4. The fourth-order valence-corrected chi connectivity index (χ4v) is 4.69. The molecule has 0 heterocycles. The summed E-state index contributed by atoms with van der Waals surface area (Å²) in [6, 6.07) is 4.69. The van der Waals surface area contributed by atoms with Gasteiger partial charge in [0.15, 0.2) is 0 Å². The van der Waals surface area contributed by atoms with E-state index in [1.807, 2.05) is 30.3 Å². The summed E-state index contributed by atoms with van der Waals surface area (Å²) in [6.45, 7) is 0.912. The molecule has 274 valence electrons. The van der Waals surface area contributed by atoms with Crippen molar-refractivity contribution in [3.8, 4) is 0 Å². The Morgan fingerprint density at radius 3 is 1.80 bits per heavy atom. The van der Waals surface area contributed by atoms with Crippen molar-refractivity contribution in [3.05, 3.63) is 35.9 Å². The second-order valence-corrected chi connectivity index (χ2v) is 11.6. The minimum atomic E-state index is -1.49. The Labute approximate surface area is 285 Å². The monoisotopic (exact) mass is 693 g/mol. The summed E-state index contributed by atoms with van der Waals surface area (Å²) in [4.78, 5) is 82.8. The molecule has 0 aromatic heterocycles. The van der Waals surface area contributed by atoms with Gasteiger partial charge in [-0.1, -0.05) is 43.2 Å². The molecule has 9 N–H and O–H groups in total. The molecule has 0 aliphatic carbocycles. The highest BCUT2D eigenvalue weighted by molar-refractivity contribution is 5.86. The van der Waals surface area contributed by atoms with Crippen LogP contribution >= 0.6 is 0 Å². The Kier molecular flexibility index (Phi) is 21.8. The summed E-state index contributed by atoms with van der Waals surface area (Å²) < 4.78 is 5.41. The van der Waals surface area contributed by atoms with Crippen LogP contribution in [0.3, 0.4) is 0 Å². The van der Waals surface area contributed by atoms with Gasteiger partial charge in [-0.2, -0.15) is 0 Å². The summed E-state index contributed by atoms with van der Waals surface area (Å²) in [6.07, 6.45) is 5.00. The predicted molar refractivity (Wildman–Crippen MR) is 177 cm³/mol. The predicted octanol–water partition coefficient (Wildman–Crippen LogP) is 2.04. The van der Waals surface area contributed by atoms with Gasteiger partial charge < -0.3 is 47.1 Å². The van der Waals surface area contributed by atoms with Crippen LogP contribution in [0.15, 0.2) is 30.3 Å². The summed E-state index contributed by atoms with van der Waals surface area (Å²) >= 11 is 0. The first kappa shape index (κ1) is 42.3. The SMILES string of the molecule is NCCCCC(NC(=O)CCCCCCC(=O)NCCCC[C@H](NC(=O)N[C@@H](CCC(=O)O)C(=O)O)C(=O)O)C(=O)OCc1ccccc1. The van der Waals surface area contributed by atoms with Gasteiger partial charge in [0.25, 0.3) is 0 Å². The first-order valence-corrected chi connectivity index (χ1v) is 16.6. The van der Waals surface area contributed by atoms with E-state index in [4.69, 9.17) is 20.7 Å². The average molecular weight is 694 g/mol. The second kappa shape index (κ2) is 25.3. The zero-order chi connectivity index (χ0) is 36.4. The topological polar surface area (TPSA) is 264 Å². The maximum Gasteiger partial charge on any atom is 0.328 e. The number of urea groups is 1. The van der Waals surface area contributed by atoms with Crippen molar-refractivity contribution in [2.45, 2.75) is 115 Å². The van der Waals surface area contributed by atoms with E-state index < -0.39 is 54.5 Å². The molecule has 0 spiro atoms. The van der Waals surface area contributed by atoms with Crippen molar-refractivity contribution in [2.75, 3.05) is 13.1 Å². The van der Waals surface area contributed by atoms with E-state index in [0.717, 1.165) is 24.8 Å². The molecule has 16 nitrogen and oxygen atoms in total. The number of carbonyl (C=O) groups excluding carboxylic acids is 4. The minimum Gasteiger partial charge on any atom is -0.481 e. The summed E-state index contributed by atoms with van der Waals surface area (Å²) in [5.41, 5.74) is 6.42. The number of aliphatic carboxylic acids is 3. The molecule has 4 amide bonds. The molecule has 0 aliphatic rings. The van der Waals surface area contributed by atoms with E-state index in [9.17, 15) is 38.7 Å². The van der Waals surface area contributed by atoms with Crippen molar-refractivity contribution < 1.29 is 53.6 Å². The van der Waals surface area contributed by atoms with E-state index in [1.54, 1.807) is 0 Å². The molecule has 1 rings (SSSR count). The third-order valence-electron chi connectivity index (χ3n) is 7.44. The van der Waals surface area contributed by atoms with Crippen molar-refractivity contribution in [1.82, 2.24) is 21.3 Å². The highest BCUT2D eigenvalue weighted by Gasteiger charge is 2.25. The van der Waals surface area contributed by atoms with Crippen LogP contribution in [0.25, 0.3) is 0 Å². The molecule has 0 fully saturated rings. The Balaban J connectivity index is 2.25. The molecular weight excluding hydrogens is 642 g/mol. The number of nitrogens with one attached hydrogen (secondary N) is 4. The van der Waals surface area contributed by atoms with Gasteiger partial charge in [-0.3, -0.25) is 14.4 Å². The Hall–Kier alpha value is -4.73. The quantitative estimate of drug-likeness (QED) is 0.0486. The first-order valence-electron chi connectivity index (χ1n) is 16.6. The molecule has 0 saturated heterocycles. The summed E-state index contributed by atoms with van der Waals surface area (Å²) in [5.74, 6) is -4.89. The third kappa shape index (κ3) is 21.0. The van der Waals surface area contributed by atoms with Crippen molar-refractivity contribution in [1.29, 1.82) is 0 Å². The molecule has 1 aromatic carbocycles. The number of hydrogen-bond donors (Lipinski definition) is 8. The van der Waals surface area contributed by atoms with E-state index in [1.165, 1.54) is 0 Å². The van der Waals surface area contributed by atoms with Crippen LogP contribution in [-0.2, 0) is 40.1 Å². The second-order valence-electron chi connectivity index (χ2n) is 11.6. The van der Waals surface area contributed by atoms with Crippen molar-refractivity contribution in [3.63, 3.8) is 0 Å². The number of ether oxygens (including phenoxy) is 1. The van der Waals surface area contributed by atoms with E-state index >= 15 is 0 Å². The Morgan fingerprint density at radius 2 is 1.20 bits per heavy atom. The molecule has 49 heavy (non-hydrogen) atoms. The van der Waals surface area contributed by atoms with Crippen LogP contribution in [0.1, 0.15) is 95.5 Å². The molecule has 1 aromatic rings. The zero-order valence-corrected chi connectivity index (χ0v) is 27.8. The number of unbranched alkanes of at least 4 members (excludes halogenated alkanes) is 5. The standard InChI is InChI=1S/C33H51N5O11/c34-20-10-8-15-26(32(47)49-22-23-12-4-3-5-13-23)36-28(40)17-7-2-1-6-16-27(39)35-21-11-9-14-24(30(43)44)37-33(48)38-25(31(45)46)18-19-29(41)42/h3-5,12-13,24-26H,1-2,6-11,14-22,34H2,(H,35,39)(H,36,40)(H,41,42)(H,43,44)(H,45,46)(H2,37,38,48)/t24-,25-,26?/m0/s1. The molecule has 0 bridgehead atoms. The number of benzene rings is 1. The van der Waals surface area contributed by atoms with Crippen LogP contribution in [-0.4, -0.2) is 88.3 Å². The number of nitrogens with two attached hydrogens (primary N) is 1. The fraction of sp³-hybridized carbons (Fsp3) is 0.606. The van der Waals surface area contributed by atoms with E-state index in [2.05, 4.69) is 21.3 Å². The molecular formula is C33H51N5O11. The van der Waals surface area contributed by atoms with Crippen LogP contribution in [0.4, 0.5) is 4.79 Å². The van der Waals surface area contributed by atoms with Crippen molar-refractivity contribution in [2.24, 2.45) is 5.73 Å². The van der Waals surface area contributed by atoms with Crippen LogP contribution in [0.5, 0.6) is 0 Å². The lowest BCUT2D eigenvalue weighted by Crippen LogP contribution is -2.51. The smallest absolute Gasteiger partial charge is 0.328 e. The van der Waals surface area contributed by atoms with Gasteiger partial charge in [-0.15, -0.1) is 0 Å². The zero-order valence-electron chi connectivity index (χ0n) is 27.8. The molecule has 0 aliphatic heterocycles. The van der Waals surface area contributed by atoms with Crippen LogP contribution in [0, 0.1) is 0 Å². The summed E-state index contributed by atoms with van der Waals surface area (Å²) in [5, 5.41) is 37.0.